The number of unbranched alkanes of at least 4 members (excludes halogenated alkanes) is 8. The second kappa shape index (κ2) is 12.0. The Hall–Kier alpha value is -0.390. The lowest BCUT2D eigenvalue weighted by Crippen LogP contribution is -2.36. The predicted molar refractivity (Wildman–Crippen MR) is 82.7 cm³/mol. The van der Waals surface area contributed by atoms with Gasteiger partial charge in [-0.2, -0.15) is 22.0 Å². The van der Waals surface area contributed by atoms with Crippen LogP contribution in [-0.4, -0.2) is 23.3 Å². The molecule has 0 amide bonds. The van der Waals surface area contributed by atoms with E-state index in [0.29, 0.717) is 12.8 Å². The molecule has 0 aromatic rings. The number of aliphatic hydroxyl groups is 1. The summed E-state index contributed by atoms with van der Waals surface area (Å²) in [5.74, 6) is -4.55. The summed E-state index contributed by atoms with van der Waals surface area (Å²) in [7, 11) is 0. The number of aliphatic hydroxyl groups excluding tert-OH is 1. The van der Waals surface area contributed by atoms with Crippen molar-refractivity contribution >= 4 is 0 Å². The first-order valence-corrected chi connectivity index (χ1v) is 8.83. The van der Waals surface area contributed by atoms with Crippen LogP contribution in [0.2, 0.25) is 0 Å². The molecule has 0 heterocycles. The normalized spacial score (nSPS) is 14.2. The van der Waals surface area contributed by atoms with Crippen molar-refractivity contribution in [3.63, 3.8) is 0 Å². The Morgan fingerprint density at radius 2 is 1.13 bits per heavy atom. The third-order valence-corrected chi connectivity index (χ3v) is 4.08. The number of hydrogen-bond donors (Lipinski definition) is 1. The first-order valence-electron chi connectivity index (χ1n) is 8.83. The van der Waals surface area contributed by atoms with Gasteiger partial charge in [0.15, 0.2) is 0 Å². The van der Waals surface area contributed by atoms with E-state index < -0.39 is 18.5 Å². The minimum Gasteiger partial charge on any atom is -0.393 e. The highest BCUT2D eigenvalue weighted by atomic mass is 19.4. The Bertz CT molecular complexity index is 279. The Balaban J connectivity index is 3.38. The van der Waals surface area contributed by atoms with Crippen LogP contribution in [0.1, 0.15) is 90.4 Å². The summed E-state index contributed by atoms with van der Waals surface area (Å²) in [5.41, 5.74) is 0. The van der Waals surface area contributed by atoms with E-state index in [1.54, 1.807) is 0 Å². The third-order valence-electron chi connectivity index (χ3n) is 4.08. The molecule has 0 aliphatic rings. The van der Waals surface area contributed by atoms with E-state index in [9.17, 15) is 27.1 Å². The minimum atomic E-state index is -5.42. The van der Waals surface area contributed by atoms with E-state index in [1.165, 1.54) is 0 Å². The third kappa shape index (κ3) is 11.7. The SMILES string of the molecule is CCCCC(O)CCCCCCCCCCC(F)(F)C(F)(F)F. The molecular formula is C17H31F5O. The van der Waals surface area contributed by atoms with Gasteiger partial charge in [-0.3, -0.25) is 0 Å². The minimum absolute atomic E-state index is 0.0872. The summed E-state index contributed by atoms with van der Waals surface area (Å²) in [6, 6.07) is 0. The Morgan fingerprint density at radius 1 is 0.696 bits per heavy atom. The maximum atomic E-state index is 12.6. The Morgan fingerprint density at radius 3 is 1.61 bits per heavy atom. The molecule has 0 saturated carbocycles. The number of alkyl halides is 5. The van der Waals surface area contributed by atoms with Crippen molar-refractivity contribution in [2.24, 2.45) is 0 Å². The Labute approximate surface area is 136 Å². The summed E-state index contributed by atoms with van der Waals surface area (Å²) in [4.78, 5) is 0. The fraction of sp³-hybridized carbons (Fsp3) is 1.00. The van der Waals surface area contributed by atoms with Crippen molar-refractivity contribution in [3.8, 4) is 0 Å². The molecule has 0 aliphatic carbocycles. The molecule has 0 aromatic carbocycles. The van der Waals surface area contributed by atoms with Crippen LogP contribution in [0, 0.1) is 0 Å². The van der Waals surface area contributed by atoms with Crippen molar-refractivity contribution in [2.45, 2.75) is 109 Å². The van der Waals surface area contributed by atoms with Crippen molar-refractivity contribution < 1.29 is 27.1 Å². The quantitative estimate of drug-likeness (QED) is 0.276. The molecule has 1 nitrogen and oxygen atoms in total. The molecular weight excluding hydrogens is 315 g/mol. The number of rotatable bonds is 14. The molecule has 1 atom stereocenters. The molecule has 0 saturated heterocycles. The maximum absolute atomic E-state index is 12.6. The summed E-state index contributed by atoms with van der Waals surface area (Å²) in [6.07, 6.45) is 3.02. The summed E-state index contributed by atoms with van der Waals surface area (Å²) >= 11 is 0. The molecule has 1 unspecified atom stereocenters. The van der Waals surface area contributed by atoms with Crippen LogP contribution in [0.15, 0.2) is 0 Å². The summed E-state index contributed by atoms with van der Waals surface area (Å²) in [6.45, 7) is 2.09. The maximum Gasteiger partial charge on any atom is 0.453 e. The van der Waals surface area contributed by atoms with Crippen molar-refractivity contribution in [2.75, 3.05) is 0 Å². The molecule has 0 aliphatic heterocycles. The largest absolute Gasteiger partial charge is 0.453 e. The predicted octanol–water partition coefficient (Wildman–Crippen LogP) is 6.64. The first kappa shape index (κ1) is 22.6. The second-order valence-electron chi connectivity index (χ2n) is 6.37. The highest BCUT2D eigenvalue weighted by Crippen LogP contribution is 2.39. The van der Waals surface area contributed by atoms with Gasteiger partial charge < -0.3 is 5.11 Å². The van der Waals surface area contributed by atoms with E-state index in [0.717, 1.165) is 57.8 Å². The molecule has 1 N–H and O–H groups in total. The van der Waals surface area contributed by atoms with Gasteiger partial charge in [-0.25, -0.2) is 0 Å². The summed E-state index contributed by atoms with van der Waals surface area (Å²) in [5, 5.41) is 9.66. The van der Waals surface area contributed by atoms with Crippen LogP contribution < -0.4 is 0 Å². The van der Waals surface area contributed by atoms with E-state index in [-0.39, 0.29) is 12.5 Å². The number of halogens is 5. The lowest BCUT2D eigenvalue weighted by molar-refractivity contribution is -0.284. The van der Waals surface area contributed by atoms with Crippen molar-refractivity contribution in [1.82, 2.24) is 0 Å². The van der Waals surface area contributed by atoms with Gasteiger partial charge in [-0.1, -0.05) is 64.7 Å². The van der Waals surface area contributed by atoms with Gasteiger partial charge in [0.1, 0.15) is 0 Å². The van der Waals surface area contributed by atoms with Crippen molar-refractivity contribution in [3.05, 3.63) is 0 Å². The van der Waals surface area contributed by atoms with Crippen LogP contribution in [-0.2, 0) is 0 Å². The molecule has 0 spiro atoms. The van der Waals surface area contributed by atoms with Gasteiger partial charge in [0.2, 0.25) is 0 Å². The lowest BCUT2D eigenvalue weighted by Gasteiger charge is -2.19. The number of hydrogen-bond acceptors (Lipinski definition) is 1. The molecule has 6 heteroatoms. The lowest BCUT2D eigenvalue weighted by atomic mass is 10.0. The van der Waals surface area contributed by atoms with Gasteiger partial charge >= 0.3 is 12.1 Å². The molecule has 0 fully saturated rings. The molecule has 23 heavy (non-hydrogen) atoms. The van der Waals surface area contributed by atoms with Gasteiger partial charge in [0.05, 0.1) is 6.10 Å². The second-order valence-corrected chi connectivity index (χ2v) is 6.37. The summed E-state index contributed by atoms with van der Waals surface area (Å²) < 4.78 is 61.1. The first-order chi connectivity index (χ1) is 10.7. The smallest absolute Gasteiger partial charge is 0.393 e. The van der Waals surface area contributed by atoms with Gasteiger partial charge in [0.25, 0.3) is 0 Å². The van der Waals surface area contributed by atoms with Gasteiger partial charge in [-0.05, 0) is 19.3 Å². The van der Waals surface area contributed by atoms with Crippen molar-refractivity contribution in [1.29, 1.82) is 0 Å². The topological polar surface area (TPSA) is 20.2 Å². The van der Waals surface area contributed by atoms with Crippen LogP contribution in [0.5, 0.6) is 0 Å². The zero-order chi connectivity index (χ0) is 17.8. The van der Waals surface area contributed by atoms with Crippen LogP contribution in [0.4, 0.5) is 22.0 Å². The standard InChI is InChI=1S/C17H31F5O/c1-2-3-12-15(23)13-10-8-6-4-5-7-9-11-14-16(18,19)17(20,21)22/h15,23H,2-14H2,1H3. The van der Waals surface area contributed by atoms with Crippen LogP contribution in [0.3, 0.4) is 0 Å². The van der Waals surface area contributed by atoms with E-state index in [2.05, 4.69) is 6.92 Å². The Kier molecular flexibility index (Phi) is 11.8. The zero-order valence-corrected chi connectivity index (χ0v) is 14.1. The van der Waals surface area contributed by atoms with E-state index in [1.807, 2.05) is 0 Å². The molecule has 140 valence electrons. The molecule has 0 aromatic heterocycles. The van der Waals surface area contributed by atoms with Gasteiger partial charge in [0, 0.05) is 6.42 Å². The fourth-order valence-electron chi connectivity index (χ4n) is 2.51. The fourth-order valence-corrected chi connectivity index (χ4v) is 2.51. The molecule has 0 radical (unpaired) electrons. The van der Waals surface area contributed by atoms with Crippen LogP contribution >= 0.6 is 0 Å². The molecule has 0 bridgehead atoms. The van der Waals surface area contributed by atoms with Crippen LogP contribution in [0.25, 0.3) is 0 Å². The van der Waals surface area contributed by atoms with E-state index >= 15 is 0 Å². The zero-order valence-electron chi connectivity index (χ0n) is 14.1. The highest BCUT2D eigenvalue weighted by molar-refractivity contribution is 4.75. The van der Waals surface area contributed by atoms with Gasteiger partial charge in [-0.15, -0.1) is 0 Å². The monoisotopic (exact) mass is 346 g/mol. The van der Waals surface area contributed by atoms with E-state index in [4.69, 9.17) is 0 Å². The highest BCUT2D eigenvalue weighted by Gasteiger charge is 2.56. The average molecular weight is 346 g/mol. The average Bonchev–Trinajstić information content (AvgIpc) is 2.45. The molecule has 0 rings (SSSR count).